The number of nitrogens with zero attached hydrogens (tertiary/aromatic N) is 1. The van der Waals surface area contributed by atoms with Gasteiger partial charge in [0.05, 0.1) is 6.20 Å². The first kappa shape index (κ1) is 13.6. The second-order valence-corrected chi connectivity index (χ2v) is 4.07. The highest BCUT2D eigenvalue weighted by atomic mass is 16.5. The monoisotopic (exact) mass is 271 g/mol. The van der Waals surface area contributed by atoms with Crippen molar-refractivity contribution < 1.29 is 14.6 Å². The van der Waals surface area contributed by atoms with Crippen LogP contribution in [0.25, 0.3) is 0 Å². The van der Waals surface area contributed by atoms with Crippen molar-refractivity contribution in [1.82, 2.24) is 4.57 Å². The van der Waals surface area contributed by atoms with E-state index in [1.807, 2.05) is 6.07 Å². The van der Waals surface area contributed by atoms with Crippen molar-refractivity contribution in [3.63, 3.8) is 0 Å². The SMILES string of the molecule is C=CCn1cc(Oc2ccccc2)c(=O)c(C(=O)O)c1. The first-order valence-electron chi connectivity index (χ1n) is 5.93. The zero-order chi connectivity index (χ0) is 14.5. The number of carboxylic acids is 1. The lowest BCUT2D eigenvalue weighted by atomic mass is 10.2. The fraction of sp³-hybridized carbons (Fsp3) is 0.0667. The van der Waals surface area contributed by atoms with Gasteiger partial charge in [-0.2, -0.15) is 0 Å². The molecule has 1 aromatic carbocycles. The van der Waals surface area contributed by atoms with Crippen molar-refractivity contribution in [3.8, 4) is 11.5 Å². The van der Waals surface area contributed by atoms with E-state index in [0.717, 1.165) is 0 Å². The van der Waals surface area contributed by atoms with Crippen molar-refractivity contribution in [2.45, 2.75) is 6.54 Å². The van der Waals surface area contributed by atoms with Crippen molar-refractivity contribution in [3.05, 3.63) is 71.2 Å². The summed E-state index contributed by atoms with van der Waals surface area (Å²) in [5, 5.41) is 9.05. The standard InChI is InChI=1S/C15H13NO4/c1-2-8-16-9-12(15(18)19)14(17)13(10-16)20-11-6-4-3-5-7-11/h2-7,9-10H,1,8H2,(H,18,19). The molecule has 2 aromatic rings. The van der Waals surface area contributed by atoms with Crippen LogP contribution in [0, 0.1) is 0 Å². The highest BCUT2D eigenvalue weighted by Crippen LogP contribution is 2.17. The summed E-state index contributed by atoms with van der Waals surface area (Å²) in [6, 6.07) is 8.71. The number of hydrogen-bond donors (Lipinski definition) is 1. The lowest BCUT2D eigenvalue weighted by Crippen LogP contribution is -2.19. The maximum absolute atomic E-state index is 12.0. The Balaban J connectivity index is 2.48. The van der Waals surface area contributed by atoms with E-state index in [4.69, 9.17) is 9.84 Å². The molecule has 0 unspecified atom stereocenters. The van der Waals surface area contributed by atoms with E-state index in [9.17, 15) is 9.59 Å². The minimum Gasteiger partial charge on any atom is -0.477 e. The van der Waals surface area contributed by atoms with Gasteiger partial charge in [-0.1, -0.05) is 24.3 Å². The number of carbonyl (C=O) groups is 1. The molecule has 0 bridgehead atoms. The molecule has 1 aromatic heterocycles. The molecule has 0 saturated carbocycles. The van der Waals surface area contributed by atoms with Crippen molar-refractivity contribution in [1.29, 1.82) is 0 Å². The van der Waals surface area contributed by atoms with Crippen LogP contribution in [0.2, 0.25) is 0 Å². The molecule has 0 amide bonds. The predicted molar refractivity (Wildman–Crippen MR) is 74.4 cm³/mol. The van der Waals surface area contributed by atoms with Crippen molar-refractivity contribution in [2.75, 3.05) is 0 Å². The first-order chi connectivity index (χ1) is 9.61. The third kappa shape index (κ3) is 2.95. The molecule has 0 aliphatic rings. The summed E-state index contributed by atoms with van der Waals surface area (Å²) >= 11 is 0. The summed E-state index contributed by atoms with van der Waals surface area (Å²) < 4.78 is 6.99. The third-order valence-corrected chi connectivity index (χ3v) is 2.59. The van der Waals surface area contributed by atoms with Gasteiger partial charge in [0.1, 0.15) is 11.3 Å². The van der Waals surface area contributed by atoms with E-state index in [1.54, 1.807) is 30.3 Å². The predicted octanol–water partition coefficient (Wildman–Crippen LogP) is 2.52. The summed E-state index contributed by atoms with van der Waals surface area (Å²) in [6.07, 6.45) is 4.33. The maximum atomic E-state index is 12.0. The molecular weight excluding hydrogens is 258 g/mol. The van der Waals surface area contributed by atoms with E-state index >= 15 is 0 Å². The lowest BCUT2D eigenvalue weighted by Gasteiger charge is -2.09. The number of aromatic carboxylic acids is 1. The van der Waals surface area contributed by atoms with Crippen LogP contribution < -0.4 is 10.2 Å². The Morgan fingerprint density at radius 3 is 2.60 bits per heavy atom. The number of aromatic nitrogens is 1. The Labute approximate surface area is 115 Å². The number of ether oxygens (including phenoxy) is 1. The Hall–Kier alpha value is -2.82. The molecular formula is C15H13NO4. The number of carboxylic acid groups (broad SMARTS) is 1. The molecule has 0 radical (unpaired) electrons. The van der Waals surface area contributed by atoms with Crippen LogP contribution in [0.5, 0.6) is 11.5 Å². The summed E-state index contributed by atoms with van der Waals surface area (Å²) in [7, 11) is 0. The van der Waals surface area contributed by atoms with Crippen LogP contribution in [0.4, 0.5) is 0 Å². The molecule has 5 nitrogen and oxygen atoms in total. The van der Waals surface area contributed by atoms with Crippen LogP contribution in [0.1, 0.15) is 10.4 Å². The molecule has 1 N–H and O–H groups in total. The Morgan fingerprint density at radius 1 is 1.30 bits per heavy atom. The molecule has 20 heavy (non-hydrogen) atoms. The van der Waals surface area contributed by atoms with E-state index < -0.39 is 11.4 Å². The number of para-hydroxylation sites is 1. The lowest BCUT2D eigenvalue weighted by molar-refractivity contribution is 0.0694. The van der Waals surface area contributed by atoms with Crippen LogP contribution in [0.15, 0.2) is 60.2 Å². The van der Waals surface area contributed by atoms with E-state index in [2.05, 4.69) is 6.58 Å². The van der Waals surface area contributed by atoms with Gasteiger partial charge in [-0.05, 0) is 12.1 Å². The van der Waals surface area contributed by atoms with Gasteiger partial charge in [-0.25, -0.2) is 4.79 Å². The number of allylic oxidation sites excluding steroid dienone is 1. The maximum Gasteiger partial charge on any atom is 0.341 e. The van der Waals surface area contributed by atoms with Crippen molar-refractivity contribution in [2.24, 2.45) is 0 Å². The van der Waals surface area contributed by atoms with E-state index in [-0.39, 0.29) is 11.3 Å². The first-order valence-corrected chi connectivity index (χ1v) is 5.93. The second-order valence-electron chi connectivity index (χ2n) is 4.07. The normalized spacial score (nSPS) is 10.0. The summed E-state index contributed by atoms with van der Waals surface area (Å²) in [5.41, 5.74) is -0.984. The van der Waals surface area contributed by atoms with Gasteiger partial charge in [-0.3, -0.25) is 4.79 Å². The Morgan fingerprint density at radius 2 is 2.00 bits per heavy atom. The van der Waals surface area contributed by atoms with E-state index in [1.165, 1.54) is 17.0 Å². The number of rotatable bonds is 5. The van der Waals surface area contributed by atoms with E-state index in [0.29, 0.717) is 12.3 Å². The highest BCUT2D eigenvalue weighted by Gasteiger charge is 2.15. The zero-order valence-corrected chi connectivity index (χ0v) is 10.7. The minimum absolute atomic E-state index is 0.0297. The molecule has 2 rings (SSSR count). The fourth-order valence-electron chi connectivity index (χ4n) is 1.70. The molecule has 0 atom stereocenters. The molecule has 0 aliphatic heterocycles. The van der Waals surface area contributed by atoms with Crippen LogP contribution in [-0.2, 0) is 6.54 Å². The topological polar surface area (TPSA) is 68.5 Å². The number of benzene rings is 1. The molecule has 1 heterocycles. The molecule has 102 valence electrons. The smallest absolute Gasteiger partial charge is 0.341 e. The summed E-state index contributed by atoms with van der Waals surface area (Å²) in [6.45, 7) is 3.96. The molecule has 0 saturated heterocycles. The largest absolute Gasteiger partial charge is 0.477 e. The second kappa shape index (κ2) is 5.88. The summed E-state index contributed by atoms with van der Waals surface area (Å²) in [5.74, 6) is -0.846. The zero-order valence-electron chi connectivity index (χ0n) is 10.7. The van der Waals surface area contributed by atoms with Gasteiger partial charge in [0, 0.05) is 12.7 Å². The summed E-state index contributed by atoms with van der Waals surface area (Å²) in [4.78, 5) is 23.1. The number of hydrogen-bond acceptors (Lipinski definition) is 3. The quantitative estimate of drug-likeness (QED) is 0.848. The molecule has 5 heteroatoms. The minimum atomic E-state index is -1.29. The van der Waals surface area contributed by atoms with Gasteiger partial charge < -0.3 is 14.4 Å². The van der Waals surface area contributed by atoms with Crippen LogP contribution >= 0.6 is 0 Å². The van der Waals surface area contributed by atoms with Gasteiger partial charge in [0.15, 0.2) is 5.75 Å². The Kier molecular flexibility index (Phi) is 4.00. The molecule has 0 spiro atoms. The third-order valence-electron chi connectivity index (χ3n) is 2.59. The van der Waals surface area contributed by atoms with Gasteiger partial charge in [-0.15, -0.1) is 6.58 Å². The van der Waals surface area contributed by atoms with Gasteiger partial charge in [0.25, 0.3) is 0 Å². The average molecular weight is 271 g/mol. The Bertz CT molecular complexity index is 689. The van der Waals surface area contributed by atoms with Crippen molar-refractivity contribution >= 4 is 5.97 Å². The highest BCUT2D eigenvalue weighted by molar-refractivity contribution is 5.87. The fourth-order valence-corrected chi connectivity index (χ4v) is 1.70. The van der Waals surface area contributed by atoms with Crippen LogP contribution in [-0.4, -0.2) is 15.6 Å². The number of pyridine rings is 1. The van der Waals surface area contributed by atoms with Gasteiger partial charge >= 0.3 is 5.97 Å². The van der Waals surface area contributed by atoms with Crippen LogP contribution in [0.3, 0.4) is 0 Å². The molecule has 0 aliphatic carbocycles. The molecule has 0 fully saturated rings. The average Bonchev–Trinajstić information content (AvgIpc) is 2.43. The van der Waals surface area contributed by atoms with Gasteiger partial charge in [0.2, 0.25) is 5.43 Å².